The maximum absolute atomic E-state index is 5.97. The van der Waals surface area contributed by atoms with Crippen LogP contribution in [0.3, 0.4) is 0 Å². The molecule has 1 heterocycles. The van der Waals surface area contributed by atoms with E-state index in [0.29, 0.717) is 0 Å². The summed E-state index contributed by atoms with van der Waals surface area (Å²) in [5, 5.41) is 7.42. The molecular weight excluding hydrogens is 252 g/mol. The Morgan fingerprint density at radius 1 is 1.47 bits per heavy atom. The average Bonchev–Trinajstić information content (AvgIpc) is 2.72. The van der Waals surface area contributed by atoms with Crippen LogP contribution >= 0.6 is 22.9 Å². The van der Waals surface area contributed by atoms with Gasteiger partial charge in [0.05, 0.1) is 0 Å². The van der Waals surface area contributed by atoms with Crippen molar-refractivity contribution >= 4 is 22.9 Å². The molecular formula is C13H15ClN2S. The van der Waals surface area contributed by atoms with Crippen molar-refractivity contribution in [2.75, 3.05) is 0 Å². The summed E-state index contributed by atoms with van der Waals surface area (Å²) < 4.78 is 0. The summed E-state index contributed by atoms with van der Waals surface area (Å²) in [6, 6.07) is 8.21. The van der Waals surface area contributed by atoms with Crippen LogP contribution in [0.25, 0.3) is 0 Å². The number of hydrogen-bond acceptors (Lipinski definition) is 3. The number of rotatable bonds is 4. The van der Waals surface area contributed by atoms with Crippen molar-refractivity contribution in [2.24, 2.45) is 0 Å². The number of nitrogens with one attached hydrogen (secondary N) is 1. The Morgan fingerprint density at radius 3 is 2.94 bits per heavy atom. The van der Waals surface area contributed by atoms with Crippen LogP contribution in [0.1, 0.15) is 29.2 Å². The second-order valence-electron chi connectivity index (χ2n) is 4.04. The summed E-state index contributed by atoms with van der Waals surface area (Å²) >= 11 is 7.66. The van der Waals surface area contributed by atoms with Crippen LogP contribution in [0.15, 0.2) is 29.6 Å². The van der Waals surface area contributed by atoms with Gasteiger partial charge in [-0.25, -0.2) is 4.98 Å². The maximum Gasteiger partial charge on any atom is 0.107 e. The third-order valence-electron chi connectivity index (χ3n) is 2.57. The van der Waals surface area contributed by atoms with Gasteiger partial charge in [0.25, 0.3) is 0 Å². The predicted octanol–water partition coefficient (Wildman–Crippen LogP) is 3.96. The van der Waals surface area contributed by atoms with Gasteiger partial charge in [0, 0.05) is 28.7 Å². The third kappa shape index (κ3) is 3.53. The SMILES string of the molecule is Cc1csc(CN[C@H](C)c2cccc(Cl)c2)n1. The molecule has 17 heavy (non-hydrogen) atoms. The minimum absolute atomic E-state index is 0.276. The minimum Gasteiger partial charge on any atom is -0.304 e. The number of hydrogen-bond donors (Lipinski definition) is 1. The Kier molecular flexibility index (Phi) is 4.15. The van der Waals surface area contributed by atoms with E-state index in [1.165, 1.54) is 5.56 Å². The normalized spacial score (nSPS) is 12.6. The molecule has 0 aliphatic carbocycles. The highest BCUT2D eigenvalue weighted by Gasteiger charge is 2.06. The van der Waals surface area contributed by atoms with Crippen molar-refractivity contribution in [1.29, 1.82) is 0 Å². The first kappa shape index (κ1) is 12.6. The van der Waals surface area contributed by atoms with Gasteiger partial charge in [0.2, 0.25) is 0 Å². The molecule has 0 unspecified atom stereocenters. The van der Waals surface area contributed by atoms with Crippen LogP contribution in [0.2, 0.25) is 5.02 Å². The Morgan fingerprint density at radius 2 is 2.29 bits per heavy atom. The second-order valence-corrected chi connectivity index (χ2v) is 5.42. The lowest BCUT2D eigenvalue weighted by Gasteiger charge is -2.13. The van der Waals surface area contributed by atoms with Crippen molar-refractivity contribution < 1.29 is 0 Å². The van der Waals surface area contributed by atoms with Crippen LogP contribution in [0, 0.1) is 6.92 Å². The molecule has 0 saturated carbocycles. The van der Waals surface area contributed by atoms with Crippen molar-refractivity contribution in [3.05, 3.63) is 50.9 Å². The number of thiazole rings is 1. The van der Waals surface area contributed by atoms with Gasteiger partial charge in [0.15, 0.2) is 0 Å². The lowest BCUT2D eigenvalue weighted by atomic mass is 10.1. The zero-order chi connectivity index (χ0) is 12.3. The highest BCUT2D eigenvalue weighted by atomic mass is 35.5. The molecule has 2 aromatic rings. The van der Waals surface area contributed by atoms with Crippen molar-refractivity contribution in [3.63, 3.8) is 0 Å². The molecule has 0 saturated heterocycles. The molecule has 0 radical (unpaired) electrons. The van der Waals surface area contributed by atoms with E-state index in [4.69, 9.17) is 11.6 Å². The lowest BCUT2D eigenvalue weighted by molar-refractivity contribution is 0.573. The molecule has 0 aliphatic heterocycles. The van der Waals surface area contributed by atoms with E-state index >= 15 is 0 Å². The molecule has 0 bridgehead atoms. The summed E-state index contributed by atoms with van der Waals surface area (Å²) in [6.07, 6.45) is 0. The minimum atomic E-state index is 0.276. The molecule has 1 aromatic carbocycles. The molecule has 90 valence electrons. The van der Waals surface area contributed by atoms with E-state index in [0.717, 1.165) is 22.3 Å². The van der Waals surface area contributed by atoms with Crippen molar-refractivity contribution in [3.8, 4) is 0 Å². The van der Waals surface area contributed by atoms with E-state index in [9.17, 15) is 0 Å². The summed E-state index contributed by atoms with van der Waals surface area (Å²) in [6.45, 7) is 4.94. The third-order valence-corrected chi connectivity index (χ3v) is 3.78. The standard InChI is InChI=1S/C13H15ClN2S/c1-9-8-17-13(16-9)7-15-10(2)11-4-3-5-12(14)6-11/h3-6,8,10,15H,7H2,1-2H3/t10-/m1/s1. The predicted molar refractivity (Wildman–Crippen MR) is 73.6 cm³/mol. The van der Waals surface area contributed by atoms with Gasteiger partial charge in [-0.2, -0.15) is 0 Å². The van der Waals surface area contributed by atoms with Gasteiger partial charge in [-0.15, -0.1) is 11.3 Å². The zero-order valence-electron chi connectivity index (χ0n) is 9.90. The van der Waals surface area contributed by atoms with Gasteiger partial charge >= 0.3 is 0 Å². The average molecular weight is 267 g/mol. The summed E-state index contributed by atoms with van der Waals surface area (Å²) in [5.74, 6) is 0. The number of halogens is 1. The molecule has 0 fully saturated rings. The van der Waals surface area contributed by atoms with E-state index in [-0.39, 0.29) is 6.04 Å². The van der Waals surface area contributed by atoms with Gasteiger partial charge in [-0.3, -0.25) is 0 Å². The van der Waals surface area contributed by atoms with E-state index in [2.05, 4.69) is 28.7 Å². The van der Waals surface area contributed by atoms with Gasteiger partial charge in [-0.05, 0) is 31.5 Å². The van der Waals surface area contributed by atoms with Gasteiger partial charge < -0.3 is 5.32 Å². The topological polar surface area (TPSA) is 24.9 Å². The Labute approximate surface area is 111 Å². The number of aryl methyl sites for hydroxylation is 1. The fourth-order valence-corrected chi connectivity index (χ4v) is 2.54. The molecule has 0 spiro atoms. The highest BCUT2D eigenvalue weighted by Crippen LogP contribution is 2.18. The van der Waals surface area contributed by atoms with Crippen LogP contribution in [0.4, 0.5) is 0 Å². The van der Waals surface area contributed by atoms with Gasteiger partial charge in [-0.1, -0.05) is 23.7 Å². The summed E-state index contributed by atoms with van der Waals surface area (Å²) in [5.41, 5.74) is 2.29. The number of aromatic nitrogens is 1. The van der Waals surface area contributed by atoms with Crippen LogP contribution < -0.4 is 5.32 Å². The monoisotopic (exact) mass is 266 g/mol. The zero-order valence-corrected chi connectivity index (χ0v) is 11.5. The molecule has 2 nitrogen and oxygen atoms in total. The maximum atomic E-state index is 5.97. The quantitative estimate of drug-likeness (QED) is 0.906. The molecule has 0 amide bonds. The first-order valence-electron chi connectivity index (χ1n) is 5.55. The van der Waals surface area contributed by atoms with Crippen LogP contribution in [-0.4, -0.2) is 4.98 Å². The van der Waals surface area contributed by atoms with Crippen LogP contribution in [-0.2, 0) is 6.54 Å². The van der Waals surface area contributed by atoms with E-state index < -0.39 is 0 Å². The largest absolute Gasteiger partial charge is 0.304 e. The molecule has 0 aliphatic rings. The lowest BCUT2D eigenvalue weighted by Crippen LogP contribution is -2.17. The first-order valence-corrected chi connectivity index (χ1v) is 6.81. The fraction of sp³-hybridized carbons (Fsp3) is 0.308. The molecule has 1 atom stereocenters. The van der Waals surface area contributed by atoms with Gasteiger partial charge in [0.1, 0.15) is 5.01 Å². The number of benzene rings is 1. The highest BCUT2D eigenvalue weighted by molar-refractivity contribution is 7.09. The fourth-order valence-electron chi connectivity index (χ4n) is 1.62. The van der Waals surface area contributed by atoms with E-state index in [1.807, 2.05) is 25.1 Å². The van der Waals surface area contributed by atoms with Crippen molar-refractivity contribution in [2.45, 2.75) is 26.4 Å². The molecule has 4 heteroatoms. The second kappa shape index (κ2) is 5.63. The van der Waals surface area contributed by atoms with E-state index in [1.54, 1.807) is 11.3 Å². The Balaban J connectivity index is 1.95. The Bertz CT molecular complexity index is 496. The number of nitrogens with zero attached hydrogens (tertiary/aromatic N) is 1. The smallest absolute Gasteiger partial charge is 0.107 e. The summed E-state index contributed by atoms with van der Waals surface area (Å²) in [4.78, 5) is 4.42. The first-order chi connectivity index (χ1) is 8.15. The van der Waals surface area contributed by atoms with Crippen LogP contribution in [0.5, 0.6) is 0 Å². The van der Waals surface area contributed by atoms with Crippen molar-refractivity contribution in [1.82, 2.24) is 10.3 Å². The molecule has 2 rings (SSSR count). The Hall–Kier alpha value is -0.900. The summed E-state index contributed by atoms with van der Waals surface area (Å²) in [7, 11) is 0. The molecule has 1 N–H and O–H groups in total. The molecule has 1 aromatic heterocycles.